The first kappa shape index (κ1) is 13.0. The smallest absolute Gasteiger partial charge is 0.153 e. The molecule has 1 fully saturated rings. The van der Waals surface area contributed by atoms with E-state index in [-0.39, 0.29) is 6.61 Å². The molecule has 2 atom stereocenters. The van der Waals surface area contributed by atoms with Gasteiger partial charge in [0.1, 0.15) is 0 Å². The van der Waals surface area contributed by atoms with Crippen molar-refractivity contribution in [2.24, 2.45) is 11.7 Å². The van der Waals surface area contributed by atoms with Crippen LogP contribution >= 0.6 is 0 Å². The second kappa shape index (κ2) is 5.96. The van der Waals surface area contributed by atoms with Gasteiger partial charge in [0, 0.05) is 12.5 Å². The Balaban J connectivity index is 1.90. The van der Waals surface area contributed by atoms with Gasteiger partial charge in [0.25, 0.3) is 0 Å². The SMILES string of the molecule is N#CC(N)(COCC1CCOC1)c1ccccc1. The molecule has 1 heterocycles. The van der Waals surface area contributed by atoms with Crippen LogP contribution in [-0.2, 0) is 15.0 Å². The quantitative estimate of drug-likeness (QED) is 0.853. The van der Waals surface area contributed by atoms with Crippen LogP contribution in [0.1, 0.15) is 12.0 Å². The summed E-state index contributed by atoms with van der Waals surface area (Å²) in [5.74, 6) is 0.434. The van der Waals surface area contributed by atoms with Crippen molar-refractivity contribution in [1.82, 2.24) is 0 Å². The average molecular weight is 246 g/mol. The highest BCUT2D eigenvalue weighted by atomic mass is 16.5. The number of rotatable bonds is 5. The largest absolute Gasteiger partial charge is 0.381 e. The molecule has 4 nitrogen and oxygen atoms in total. The molecular weight excluding hydrogens is 228 g/mol. The van der Waals surface area contributed by atoms with Crippen LogP contribution in [-0.4, -0.2) is 26.4 Å². The van der Waals surface area contributed by atoms with Gasteiger partial charge < -0.3 is 15.2 Å². The molecule has 4 heteroatoms. The Labute approximate surface area is 107 Å². The second-order valence-electron chi connectivity index (χ2n) is 4.69. The van der Waals surface area contributed by atoms with E-state index in [0.29, 0.717) is 12.5 Å². The van der Waals surface area contributed by atoms with Gasteiger partial charge in [-0.2, -0.15) is 5.26 Å². The molecule has 0 radical (unpaired) electrons. The molecule has 0 spiro atoms. The Morgan fingerprint density at radius 1 is 1.44 bits per heavy atom. The van der Waals surface area contributed by atoms with Gasteiger partial charge >= 0.3 is 0 Å². The molecule has 0 aromatic heterocycles. The Morgan fingerprint density at radius 2 is 2.22 bits per heavy atom. The van der Waals surface area contributed by atoms with E-state index in [4.69, 9.17) is 15.2 Å². The number of ether oxygens (including phenoxy) is 2. The van der Waals surface area contributed by atoms with Crippen molar-refractivity contribution in [3.8, 4) is 6.07 Å². The number of nitriles is 1. The lowest BCUT2D eigenvalue weighted by atomic mass is 9.93. The molecule has 1 aromatic carbocycles. The first-order valence-corrected chi connectivity index (χ1v) is 6.16. The summed E-state index contributed by atoms with van der Waals surface area (Å²) < 4.78 is 10.9. The van der Waals surface area contributed by atoms with E-state index in [2.05, 4.69) is 6.07 Å². The molecule has 1 aromatic rings. The summed E-state index contributed by atoms with van der Waals surface area (Å²) in [7, 11) is 0. The predicted molar refractivity (Wildman–Crippen MR) is 67.7 cm³/mol. The van der Waals surface area contributed by atoms with Crippen molar-refractivity contribution in [3.05, 3.63) is 35.9 Å². The van der Waals surface area contributed by atoms with Crippen LogP contribution in [0.5, 0.6) is 0 Å². The van der Waals surface area contributed by atoms with Crippen LogP contribution in [0, 0.1) is 17.2 Å². The Bertz CT molecular complexity index is 410. The van der Waals surface area contributed by atoms with Gasteiger partial charge in [0.2, 0.25) is 0 Å². The van der Waals surface area contributed by atoms with Gasteiger partial charge in [-0.05, 0) is 12.0 Å². The number of nitrogens with zero attached hydrogens (tertiary/aromatic N) is 1. The third-order valence-corrected chi connectivity index (χ3v) is 3.20. The lowest BCUT2D eigenvalue weighted by molar-refractivity contribution is 0.0675. The fourth-order valence-electron chi connectivity index (χ4n) is 2.02. The number of hydrogen-bond donors (Lipinski definition) is 1. The average Bonchev–Trinajstić information content (AvgIpc) is 2.93. The predicted octanol–water partition coefficient (Wildman–Crippen LogP) is 1.42. The van der Waals surface area contributed by atoms with E-state index in [0.717, 1.165) is 25.2 Å². The molecule has 2 unspecified atom stereocenters. The zero-order chi connectivity index (χ0) is 12.8. The summed E-state index contributed by atoms with van der Waals surface area (Å²) in [5, 5.41) is 9.25. The number of nitrogens with two attached hydrogens (primary N) is 1. The van der Waals surface area contributed by atoms with E-state index in [1.165, 1.54) is 0 Å². The molecule has 0 bridgehead atoms. The monoisotopic (exact) mass is 246 g/mol. The number of hydrogen-bond acceptors (Lipinski definition) is 4. The molecule has 2 N–H and O–H groups in total. The summed E-state index contributed by atoms with van der Waals surface area (Å²) in [4.78, 5) is 0. The van der Waals surface area contributed by atoms with Crippen molar-refractivity contribution in [2.75, 3.05) is 26.4 Å². The topological polar surface area (TPSA) is 68.3 Å². The van der Waals surface area contributed by atoms with E-state index in [9.17, 15) is 5.26 Å². The van der Waals surface area contributed by atoms with E-state index in [1.807, 2.05) is 30.3 Å². The third-order valence-electron chi connectivity index (χ3n) is 3.20. The van der Waals surface area contributed by atoms with Crippen LogP contribution in [0.15, 0.2) is 30.3 Å². The zero-order valence-electron chi connectivity index (χ0n) is 10.3. The minimum Gasteiger partial charge on any atom is -0.381 e. The Hall–Kier alpha value is -1.41. The van der Waals surface area contributed by atoms with E-state index < -0.39 is 5.54 Å². The van der Waals surface area contributed by atoms with Gasteiger partial charge in [-0.1, -0.05) is 30.3 Å². The maximum Gasteiger partial charge on any atom is 0.153 e. The summed E-state index contributed by atoms with van der Waals surface area (Å²) >= 11 is 0. The summed E-state index contributed by atoms with van der Waals surface area (Å²) in [6, 6.07) is 11.5. The fourth-order valence-corrected chi connectivity index (χ4v) is 2.02. The standard InChI is InChI=1S/C14H18N2O2/c15-10-14(16,13-4-2-1-3-5-13)11-18-9-12-6-7-17-8-12/h1-5,12H,6-9,11,16H2. The van der Waals surface area contributed by atoms with Crippen LogP contribution in [0.4, 0.5) is 0 Å². The molecule has 18 heavy (non-hydrogen) atoms. The van der Waals surface area contributed by atoms with Crippen molar-refractivity contribution >= 4 is 0 Å². The molecular formula is C14H18N2O2. The van der Waals surface area contributed by atoms with Crippen LogP contribution in [0.25, 0.3) is 0 Å². The second-order valence-corrected chi connectivity index (χ2v) is 4.69. The van der Waals surface area contributed by atoms with Crippen LogP contribution < -0.4 is 5.73 Å². The minimum absolute atomic E-state index is 0.212. The van der Waals surface area contributed by atoms with Gasteiger partial charge in [-0.3, -0.25) is 0 Å². The maximum atomic E-state index is 9.25. The van der Waals surface area contributed by atoms with Crippen molar-refractivity contribution in [1.29, 1.82) is 5.26 Å². The molecule has 0 saturated carbocycles. The van der Waals surface area contributed by atoms with Gasteiger partial charge in [0.05, 0.1) is 25.9 Å². The van der Waals surface area contributed by atoms with Crippen molar-refractivity contribution in [3.63, 3.8) is 0 Å². The minimum atomic E-state index is -1.07. The molecule has 1 aliphatic rings. The van der Waals surface area contributed by atoms with Gasteiger partial charge in [0.15, 0.2) is 5.54 Å². The summed E-state index contributed by atoms with van der Waals surface area (Å²) in [6.45, 7) is 2.37. The molecule has 1 saturated heterocycles. The normalized spacial score (nSPS) is 22.3. The Kier molecular flexibility index (Phi) is 4.32. The van der Waals surface area contributed by atoms with Crippen LogP contribution in [0.2, 0.25) is 0 Å². The van der Waals surface area contributed by atoms with E-state index >= 15 is 0 Å². The first-order valence-electron chi connectivity index (χ1n) is 6.16. The van der Waals surface area contributed by atoms with Crippen LogP contribution in [0.3, 0.4) is 0 Å². The van der Waals surface area contributed by atoms with Crippen molar-refractivity contribution in [2.45, 2.75) is 12.0 Å². The lowest BCUT2D eigenvalue weighted by Gasteiger charge is -2.22. The van der Waals surface area contributed by atoms with Crippen molar-refractivity contribution < 1.29 is 9.47 Å². The lowest BCUT2D eigenvalue weighted by Crippen LogP contribution is -2.40. The first-order chi connectivity index (χ1) is 8.74. The fraction of sp³-hybridized carbons (Fsp3) is 0.500. The van der Waals surface area contributed by atoms with E-state index in [1.54, 1.807) is 0 Å². The maximum absolute atomic E-state index is 9.25. The third kappa shape index (κ3) is 3.08. The zero-order valence-corrected chi connectivity index (χ0v) is 10.3. The Morgan fingerprint density at radius 3 is 2.83 bits per heavy atom. The highest BCUT2D eigenvalue weighted by Gasteiger charge is 2.28. The van der Waals surface area contributed by atoms with Gasteiger partial charge in [-0.15, -0.1) is 0 Å². The summed E-state index contributed by atoms with van der Waals surface area (Å²) in [5.41, 5.74) is 5.80. The molecule has 96 valence electrons. The highest BCUT2D eigenvalue weighted by Crippen LogP contribution is 2.19. The molecule has 1 aliphatic heterocycles. The molecule has 2 rings (SSSR count). The number of benzene rings is 1. The molecule has 0 amide bonds. The molecule has 0 aliphatic carbocycles. The highest BCUT2D eigenvalue weighted by molar-refractivity contribution is 5.30. The summed E-state index contributed by atoms with van der Waals surface area (Å²) in [6.07, 6.45) is 1.02. The van der Waals surface area contributed by atoms with Gasteiger partial charge in [-0.25, -0.2) is 0 Å².